The Morgan fingerprint density at radius 2 is 2.05 bits per heavy atom. The number of aromatic nitrogens is 1. The highest BCUT2D eigenvalue weighted by molar-refractivity contribution is 7.89. The second-order valence-electron chi connectivity index (χ2n) is 3.87. The minimum atomic E-state index is -4.30. The Morgan fingerprint density at radius 1 is 1.40 bits per heavy atom. The number of alkyl halides is 3. The van der Waals surface area contributed by atoms with Crippen LogP contribution in [0.1, 0.15) is 12.8 Å². The van der Waals surface area contributed by atoms with Crippen LogP contribution in [0.25, 0.3) is 0 Å². The molecular weight excluding hydrogens is 319 g/mol. The molecule has 0 aromatic carbocycles. The third-order valence-corrected chi connectivity index (χ3v) is 4.01. The summed E-state index contributed by atoms with van der Waals surface area (Å²) in [5.74, 6) is 0.308. The van der Waals surface area contributed by atoms with Gasteiger partial charge >= 0.3 is 6.18 Å². The predicted molar refractivity (Wildman–Crippen MR) is 69.3 cm³/mol. The fraction of sp³-hybridized carbons (Fsp3) is 0.500. The normalized spacial score (nSPS) is 12.4. The highest BCUT2D eigenvalue weighted by atomic mass is 35.5. The Labute approximate surface area is 119 Å². The highest BCUT2D eigenvalue weighted by Gasteiger charge is 2.26. The molecule has 20 heavy (non-hydrogen) atoms. The molecule has 0 aliphatic carbocycles. The molecule has 0 bridgehead atoms. The molecule has 1 heterocycles. The molecule has 5 nitrogen and oxygen atoms in total. The zero-order valence-corrected chi connectivity index (χ0v) is 12.0. The summed E-state index contributed by atoms with van der Waals surface area (Å²) in [6, 6.07) is 1.17. The molecule has 114 valence electrons. The van der Waals surface area contributed by atoms with Gasteiger partial charge in [0.1, 0.15) is 10.7 Å². The van der Waals surface area contributed by atoms with E-state index in [1.54, 1.807) is 7.05 Å². The molecule has 10 heteroatoms. The SMILES string of the molecule is CNc1ncc(S(=O)(=O)NCCCC(F)(F)F)cc1Cl. The first-order valence-electron chi connectivity index (χ1n) is 5.55. The molecule has 1 rings (SSSR count). The van der Waals surface area contributed by atoms with Gasteiger partial charge < -0.3 is 5.32 Å². The number of pyridine rings is 1. The lowest BCUT2D eigenvalue weighted by molar-refractivity contribution is -0.135. The van der Waals surface area contributed by atoms with Crippen LogP contribution in [0.5, 0.6) is 0 Å². The maximum atomic E-state index is 11.9. The van der Waals surface area contributed by atoms with E-state index in [-0.39, 0.29) is 22.9 Å². The molecule has 1 aromatic heterocycles. The summed E-state index contributed by atoms with van der Waals surface area (Å²) in [7, 11) is -2.35. The quantitative estimate of drug-likeness (QED) is 0.785. The van der Waals surface area contributed by atoms with Gasteiger partial charge in [0, 0.05) is 26.2 Å². The van der Waals surface area contributed by atoms with Gasteiger partial charge in [0.25, 0.3) is 0 Å². The standard InChI is InChI=1S/C10H13ClF3N3O2S/c1-15-9-8(11)5-7(6-16-9)20(18,19)17-4-2-3-10(12,13)14/h5-6,17H,2-4H2,1H3,(H,15,16). The van der Waals surface area contributed by atoms with E-state index in [0.29, 0.717) is 5.82 Å². The van der Waals surface area contributed by atoms with Gasteiger partial charge in [-0.05, 0) is 12.5 Å². The van der Waals surface area contributed by atoms with Crippen LogP contribution >= 0.6 is 11.6 Å². The second-order valence-corrected chi connectivity index (χ2v) is 6.04. The zero-order chi connectivity index (χ0) is 15.4. The van der Waals surface area contributed by atoms with Crippen molar-refractivity contribution in [1.29, 1.82) is 0 Å². The Balaban J connectivity index is 2.67. The van der Waals surface area contributed by atoms with Crippen molar-refractivity contribution in [3.8, 4) is 0 Å². The number of sulfonamides is 1. The number of anilines is 1. The fourth-order valence-corrected chi connectivity index (χ4v) is 2.70. The van der Waals surface area contributed by atoms with E-state index in [9.17, 15) is 21.6 Å². The summed E-state index contributed by atoms with van der Waals surface area (Å²) >= 11 is 5.79. The monoisotopic (exact) mass is 331 g/mol. The Hall–Kier alpha value is -1.06. The van der Waals surface area contributed by atoms with Crippen LogP contribution in [-0.4, -0.2) is 33.2 Å². The average molecular weight is 332 g/mol. The van der Waals surface area contributed by atoms with Gasteiger partial charge in [0.2, 0.25) is 10.0 Å². The summed E-state index contributed by atoms with van der Waals surface area (Å²) in [5.41, 5.74) is 0. The Bertz CT molecular complexity index is 563. The van der Waals surface area contributed by atoms with E-state index < -0.39 is 22.6 Å². The first-order chi connectivity index (χ1) is 9.15. The molecule has 1 aromatic rings. The van der Waals surface area contributed by atoms with Crippen molar-refractivity contribution in [2.75, 3.05) is 18.9 Å². The molecule has 0 aliphatic rings. The highest BCUT2D eigenvalue weighted by Crippen LogP contribution is 2.23. The van der Waals surface area contributed by atoms with Crippen molar-refractivity contribution in [1.82, 2.24) is 9.71 Å². The summed E-state index contributed by atoms with van der Waals surface area (Å²) in [4.78, 5) is 3.59. The molecular formula is C10H13ClF3N3O2S. The van der Waals surface area contributed by atoms with Crippen molar-refractivity contribution < 1.29 is 21.6 Å². The molecule has 0 unspecified atom stereocenters. The molecule has 0 aliphatic heterocycles. The molecule has 0 saturated heterocycles. The van der Waals surface area contributed by atoms with Crippen molar-refractivity contribution in [2.45, 2.75) is 23.9 Å². The summed E-state index contributed by atoms with van der Waals surface area (Å²) in [5, 5.41) is 2.76. The Morgan fingerprint density at radius 3 is 2.55 bits per heavy atom. The number of nitrogens with one attached hydrogen (secondary N) is 2. The molecule has 0 fully saturated rings. The summed E-state index contributed by atoms with van der Waals surface area (Å²) in [6.45, 7) is -0.312. The lowest BCUT2D eigenvalue weighted by atomic mass is 10.3. The molecule has 0 spiro atoms. The number of rotatable bonds is 6. The van der Waals surface area contributed by atoms with Crippen molar-refractivity contribution in [3.63, 3.8) is 0 Å². The number of hydrogen-bond donors (Lipinski definition) is 2. The van der Waals surface area contributed by atoms with E-state index >= 15 is 0 Å². The van der Waals surface area contributed by atoms with Crippen molar-refractivity contribution in [3.05, 3.63) is 17.3 Å². The second kappa shape index (κ2) is 6.59. The lowest BCUT2D eigenvalue weighted by Gasteiger charge is -2.09. The van der Waals surface area contributed by atoms with Gasteiger partial charge in [-0.2, -0.15) is 13.2 Å². The topological polar surface area (TPSA) is 71.1 Å². The van der Waals surface area contributed by atoms with Gasteiger partial charge in [-0.3, -0.25) is 0 Å². The number of nitrogens with zero attached hydrogens (tertiary/aromatic N) is 1. The first-order valence-corrected chi connectivity index (χ1v) is 7.41. The smallest absolute Gasteiger partial charge is 0.372 e. The third-order valence-electron chi connectivity index (χ3n) is 2.29. The Kier molecular flexibility index (Phi) is 5.60. The van der Waals surface area contributed by atoms with Crippen molar-refractivity contribution >= 4 is 27.4 Å². The van der Waals surface area contributed by atoms with Crippen molar-refractivity contribution in [2.24, 2.45) is 0 Å². The maximum absolute atomic E-state index is 11.9. The van der Waals surface area contributed by atoms with E-state index in [1.807, 2.05) is 0 Å². The van der Waals surface area contributed by atoms with E-state index in [1.165, 1.54) is 6.07 Å². The molecule has 0 radical (unpaired) electrons. The van der Waals surface area contributed by atoms with Gasteiger partial charge in [0.15, 0.2) is 0 Å². The summed E-state index contributed by atoms with van der Waals surface area (Å²) in [6.07, 6.45) is -4.61. The molecule has 0 atom stereocenters. The lowest BCUT2D eigenvalue weighted by Crippen LogP contribution is -2.26. The predicted octanol–water partition coefficient (Wildman–Crippen LogP) is 2.40. The minimum absolute atomic E-state index is 0.102. The molecule has 0 saturated carbocycles. The molecule has 0 amide bonds. The fourth-order valence-electron chi connectivity index (χ4n) is 1.33. The van der Waals surface area contributed by atoms with Crippen LogP contribution in [0.2, 0.25) is 5.02 Å². The zero-order valence-electron chi connectivity index (χ0n) is 10.5. The van der Waals surface area contributed by atoms with Crippen LogP contribution in [0, 0.1) is 0 Å². The van der Waals surface area contributed by atoms with E-state index in [2.05, 4.69) is 15.0 Å². The van der Waals surface area contributed by atoms with Gasteiger partial charge in [-0.15, -0.1) is 0 Å². The van der Waals surface area contributed by atoms with Gasteiger partial charge in [0.05, 0.1) is 5.02 Å². The van der Waals surface area contributed by atoms with Crippen LogP contribution in [-0.2, 0) is 10.0 Å². The molecule has 2 N–H and O–H groups in total. The minimum Gasteiger partial charge on any atom is -0.372 e. The number of halogens is 4. The third kappa shape index (κ3) is 5.14. The average Bonchev–Trinajstić information content (AvgIpc) is 2.33. The van der Waals surface area contributed by atoms with E-state index in [4.69, 9.17) is 11.6 Å². The largest absolute Gasteiger partial charge is 0.389 e. The first kappa shape index (κ1) is 17.0. The summed E-state index contributed by atoms with van der Waals surface area (Å²) < 4.78 is 61.4. The van der Waals surface area contributed by atoms with Crippen LogP contribution in [0.3, 0.4) is 0 Å². The number of hydrogen-bond acceptors (Lipinski definition) is 4. The van der Waals surface area contributed by atoms with Gasteiger partial charge in [-0.1, -0.05) is 11.6 Å². The van der Waals surface area contributed by atoms with Crippen LogP contribution in [0.15, 0.2) is 17.2 Å². The maximum Gasteiger partial charge on any atom is 0.389 e. The van der Waals surface area contributed by atoms with E-state index in [0.717, 1.165) is 6.20 Å². The van der Waals surface area contributed by atoms with Crippen LogP contribution in [0.4, 0.5) is 19.0 Å². The van der Waals surface area contributed by atoms with Gasteiger partial charge in [-0.25, -0.2) is 18.1 Å². The van der Waals surface area contributed by atoms with Crippen LogP contribution < -0.4 is 10.0 Å².